The molecule has 0 bridgehead atoms. The maximum Gasteiger partial charge on any atom is 0.121 e. The number of phenolic OH excluding ortho intramolecular Hbond substituents is 2. The molecule has 7 heteroatoms. The molecule has 2 rings (SSSR count). The van der Waals surface area contributed by atoms with Gasteiger partial charge in [0.05, 0.1) is 31.0 Å². The molecular weight excluding hydrogens is 412 g/mol. The molecule has 0 saturated carbocycles. The first-order valence-corrected chi connectivity index (χ1v) is 10.4. The number of hydrogen-bond donors (Lipinski definition) is 6. The first kappa shape index (κ1) is 25.6. The molecule has 2 aromatic rings. The van der Waals surface area contributed by atoms with E-state index in [0.717, 1.165) is 5.56 Å². The summed E-state index contributed by atoms with van der Waals surface area (Å²) in [6, 6.07) is 8.27. The van der Waals surface area contributed by atoms with Crippen LogP contribution in [0.1, 0.15) is 41.7 Å². The summed E-state index contributed by atoms with van der Waals surface area (Å²) in [5.41, 5.74) is 3.10. The molecule has 0 aromatic heterocycles. The summed E-state index contributed by atoms with van der Waals surface area (Å²) in [7, 11) is 1.50. The zero-order chi connectivity index (χ0) is 23.8. The number of aliphatic hydroxyl groups excluding tert-OH is 4. The van der Waals surface area contributed by atoms with E-state index in [9.17, 15) is 30.6 Å². The molecule has 174 valence electrons. The van der Waals surface area contributed by atoms with Gasteiger partial charge in [-0.2, -0.15) is 0 Å². The maximum atomic E-state index is 10.5. The van der Waals surface area contributed by atoms with Crippen molar-refractivity contribution >= 4 is 12.2 Å². The largest absolute Gasteiger partial charge is 0.508 e. The van der Waals surface area contributed by atoms with Gasteiger partial charge in [0.2, 0.25) is 0 Å². The fourth-order valence-electron chi connectivity index (χ4n) is 3.21. The zero-order valence-electron chi connectivity index (χ0n) is 18.5. The van der Waals surface area contributed by atoms with Crippen LogP contribution >= 0.6 is 0 Å². The van der Waals surface area contributed by atoms with Crippen LogP contribution in [0.5, 0.6) is 11.5 Å². The Morgan fingerprint density at radius 3 is 2.00 bits per heavy atom. The molecule has 0 saturated heterocycles. The molecular formula is C25H32O7. The van der Waals surface area contributed by atoms with Crippen molar-refractivity contribution < 1.29 is 35.4 Å². The van der Waals surface area contributed by atoms with E-state index in [4.69, 9.17) is 4.74 Å². The Bertz CT molecular complexity index is 948. The second kappa shape index (κ2) is 11.8. The normalized spacial score (nSPS) is 15.8. The molecule has 0 fully saturated rings. The summed E-state index contributed by atoms with van der Waals surface area (Å²) in [5.74, 6) is 0.0817. The minimum atomic E-state index is -1.09. The molecule has 0 aliphatic carbocycles. The fraction of sp³-hybridized carbons (Fsp3) is 0.360. The first-order chi connectivity index (χ1) is 15.1. The summed E-state index contributed by atoms with van der Waals surface area (Å²) in [4.78, 5) is 0. The second-order valence-corrected chi connectivity index (χ2v) is 7.77. The molecule has 0 aliphatic heterocycles. The Kier molecular flexibility index (Phi) is 9.43. The van der Waals surface area contributed by atoms with Gasteiger partial charge in [0.15, 0.2) is 0 Å². The number of ether oxygens (including phenoxy) is 1. The molecule has 6 N–H and O–H groups in total. The van der Waals surface area contributed by atoms with Gasteiger partial charge in [-0.3, -0.25) is 0 Å². The highest BCUT2D eigenvalue weighted by molar-refractivity contribution is 5.65. The van der Waals surface area contributed by atoms with E-state index in [1.165, 1.54) is 33.1 Å². The van der Waals surface area contributed by atoms with Gasteiger partial charge < -0.3 is 35.4 Å². The number of aliphatic hydroxyl groups is 4. The number of methoxy groups -OCH3 is 1. The van der Waals surface area contributed by atoms with Crippen molar-refractivity contribution in [1.29, 1.82) is 0 Å². The van der Waals surface area contributed by atoms with Gasteiger partial charge in [-0.25, -0.2) is 0 Å². The molecule has 0 aliphatic rings. The standard InChI is InChI=1S/C25H32O7/c1-15(26)22(28)10-7-17-5-4-6-24(30)20(17)13-18-8-11-25(31)21(14-32-3)19(18)9-12-23(29)16(2)27/h4-12,15-16,22-23,26-31H,13-14H2,1-3H3. The number of aromatic hydroxyl groups is 2. The van der Waals surface area contributed by atoms with E-state index in [2.05, 4.69) is 0 Å². The minimum Gasteiger partial charge on any atom is -0.508 e. The number of hydrogen-bond acceptors (Lipinski definition) is 7. The third-order valence-corrected chi connectivity index (χ3v) is 5.19. The quantitative estimate of drug-likeness (QED) is 0.332. The zero-order valence-corrected chi connectivity index (χ0v) is 18.5. The van der Waals surface area contributed by atoms with Crippen LogP contribution in [-0.2, 0) is 17.8 Å². The van der Waals surface area contributed by atoms with Crippen molar-refractivity contribution in [3.63, 3.8) is 0 Å². The average Bonchev–Trinajstić information content (AvgIpc) is 2.74. The highest BCUT2D eigenvalue weighted by Crippen LogP contribution is 2.32. The summed E-state index contributed by atoms with van der Waals surface area (Å²) in [5, 5.41) is 59.9. The molecule has 0 spiro atoms. The van der Waals surface area contributed by atoms with E-state index in [0.29, 0.717) is 22.3 Å². The maximum absolute atomic E-state index is 10.5. The lowest BCUT2D eigenvalue weighted by Gasteiger charge is -2.17. The fourth-order valence-corrected chi connectivity index (χ4v) is 3.21. The van der Waals surface area contributed by atoms with E-state index in [-0.39, 0.29) is 24.5 Å². The van der Waals surface area contributed by atoms with Gasteiger partial charge in [-0.15, -0.1) is 0 Å². The van der Waals surface area contributed by atoms with Crippen LogP contribution in [-0.4, -0.2) is 62.2 Å². The number of phenols is 2. The van der Waals surface area contributed by atoms with Crippen LogP contribution < -0.4 is 0 Å². The van der Waals surface area contributed by atoms with Crippen LogP contribution in [0.3, 0.4) is 0 Å². The van der Waals surface area contributed by atoms with Gasteiger partial charge in [0.25, 0.3) is 0 Å². The van der Waals surface area contributed by atoms with Crippen molar-refractivity contribution in [2.24, 2.45) is 0 Å². The lowest BCUT2D eigenvalue weighted by atomic mass is 9.91. The number of benzene rings is 2. The summed E-state index contributed by atoms with van der Waals surface area (Å²) in [6.45, 7) is 3.07. The van der Waals surface area contributed by atoms with Gasteiger partial charge >= 0.3 is 0 Å². The van der Waals surface area contributed by atoms with Gasteiger partial charge in [-0.1, -0.05) is 42.5 Å². The SMILES string of the molecule is COCc1c(O)ccc(Cc2c(O)cccc2C=CC(O)C(C)O)c1C=CC(O)C(C)O. The summed E-state index contributed by atoms with van der Waals surface area (Å²) >= 11 is 0. The second-order valence-electron chi connectivity index (χ2n) is 7.77. The summed E-state index contributed by atoms with van der Waals surface area (Å²) < 4.78 is 5.23. The van der Waals surface area contributed by atoms with Crippen LogP contribution in [0.2, 0.25) is 0 Å². The Hall–Kier alpha value is -2.68. The van der Waals surface area contributed by atoms with Crippen molar-refractivity contribution in [3.05, 3.63) is 70.3 Å². The smallest absolute Gasteiger partial charge is 0.121 e. The molecule has 0 radical (unpaired) electrons. The molecule has 0 amide bonds. The molecule has 32 heavy (non-hydrogen) atoms. The number of rotatable bonds is 10. The molecule has 0 heterocycles. The highest BCUT2D eigenvalue weighted by atomic mass is 16.5. The van der Waals surface area contributed by atoms with Crippen molar-refractivity contribution in [2.75, 3.05) is 7.11 Å². The monoisotopic (exact) mass is 444 g/mol. The Labute approximate surface area is 188 Å². The third kappa shape index (κ3) is 6.66. The van der Waals surface area contributed by atoms with Gasteiger partial charge in [0, 0.05) is 24.7 Å². The minimum absolute atomic E-state index is 0.0271. The van der Waals surface area contributed by atoms with Crippen molar-refractivity contribution in [1.82, 2.24) is 0 Å². The lowest BCUT2D eigenvalue weighted by molar-refractivity contribution is 0.0624. The Morgan fingerprint density at radius 1 is 0.812 bits per heavy atom. The average molecular weight is 445 g/mol. The van der Waals surface area contributed by atoms with Crippen molar-refractivity contribution in [3.8, 4) is 11.5 Å². The molecule has 2 aromatic carbocycles. The molecule has 4 atom stereocenters. The van der Waals surface area contributed by atoms with E-state index >= 15 is 0 Å². The van der Waals surface area contributed by atoms with E-state index in [1.807, 2.05) is 0 Å². The van der Waals surface area contributed by atoms with Crippen LogP contribution in [0, 0.1) is 0 Å². The Morgan fingerprint density at radius 2 is 1.41 bits per heavy atom. The topological polar surface area (TPSA) is 131 Å². The van der Waals surface area contributed by atoms with Gasteiger partial charge in [-0.05, 0) is 42.7 Å². The van der Waals surface area contributed by atoms with Crippen LogP contribution in [0.15, 0.2) is 42.5 Å². The third-order valence-electron chi connectivity index (χ3n) is 5.19. The van der Waals surface area contributed by atoms with Crippen LogP contribution in [0.25, 0.3) is 12.2 Å². The van der Waals surface area contributed by atoms with Crippen molar-refractivity contribution in [2.45, 2.75) is 51.3 Å². The van der Waals surface area contributed by atoms with Gasteiger partial charge in [0.1, 0.15) is 11.5 Å². The first-order valence-electron chi connectivity index (χ1n) is 10.4. The Balaban J connectivity index is 2.54. The lowest BCUT2D eigenvalue weighted by Crippen LogP contribution is -2.19. The predicted molar refractivity (Wildman–Crippen MR) is 123 cm³/mol. The van der Waals surface area contributed by atoms with Crippen LogP contribution in [0.4, 0.5) is 0 Å². The molecule has 7 nitrogen and oxygen atoms in total. The summed E-state index contributed by atoms with van der Waals surface area (Å²) in [6.07, 6.45) is 2.38. The van der Waals surface area contributed by atoms with E-state index in [1.54, 1.807) is 42.5 Å². The predicted octanol–water partition coefficient (Wildman–Crippen LogP) is 2.34. The van der Waals surface area contributed by atoms with E-state index < -0.39 is 24.4 Å². The molecule has 4 unspecified atom stereocenters. The highest BCUT2D eigenvalue weighted by Gasteiger charge is 2.16.